The maximum absolute atomic E-state index is 12.9. The van der Waals surface area contributed by atoms with Gasteiger partial charge in [-0.05, 0) is 36.8 Å². The maximum atomic E-state index is 12.9. The summed E-state index contributed by atoms with van der Waals surface area (Å²) in [5.41, 5.74) is 2.37. The van der Waals surface area contributed by atoms with Crippen molar-refractivity contribution in [3.8, 4) is 0 Å². The van der Waals surface area contributed by atoms with E-state index in [2.05, 4.69) is 20.8 Å². The first kappa shape index (κ1) is 19.6. The molecule has 2 N–H and O–H groups in total. The zero-order valence-corrected chi connectivity index (χ0v) is 16.6. The van der Waals surface area contributed by atoms with Crippen LogP contribution in [0, 0.1) is 13.8 Å². The summed E-state index contributed by atoms with van der Waals surface area (Å²) in [4.78, 5) is 29.8. The minimum atomic E-state index is -0.246. The number of anilines is 1. The van der Waals surface area contributed by atoms with E-state index < -0.39 is 0 Å². The Hall–Kier alpha value is -3.13. The second kappa shape index (κ2) is 8.71. The molecule has 0 aliphatic heterocycles. The van der Waals surface area contributed by atoms with Crippen molar-refractivity contribution in [2.24, 2.45) is 0 Å². The predicted octanol–water partition coefficient (Wildman–Crippen LogP) is 3.59. The van der Waals surface area contributed by atoms with E-state index in [1.165, 1.54) is 11.8 Å². The molecule has 0 atom stereocenters. The van der Waals surface area contributed by atoms with Crippen molar-refractivity contribution in [3.63, 3.8) is 0 Å². The van der Waals surface area contributed by atoms with Crippen LogP contribution in [0.2, 0.25) is 0 Å². The molecule has 0 aliphatic carbocycles. The van der Waals surface area contributed by atoms with E-state index in [9.17, 15) is 9.59 Å². The molecule has 28 heavy (non-hydrogen) atoms. The van der Waals surface area contributed by atoms with Crippen LogP contribution in [0.5, 0.6) is 0 Å². The smallest absolute Gasteiger partial charge is 0.256 e. The third-order valence-electron chi connectivity index (χ3n) is 4.11. The highest BCUT2D eigenvalue weighted by atomic mass is 32.2. The van der Waals surface area contributed by atoms with Crippen LogP contribution in [0.4, 0.5) is 5.69 Å². The lowest BCUT2D eigenvalue weighted by molar-refractivity contribution is 0.0960. The Labute approximate surface area is 166 Å². The van der Waals surface area contributed by atoms with E-state index in [0.717, 1.165) is 4.90 Å². The van der Waals surface area contributed by atoms with E-state index in [1.54, 1.807) is 45.2 Å². The van der Waals surface area contributed by atoms with Gasteiger partial charge in [0.15, 0.2) is 5.82 Å². The van der Waals surface area contributed by atoms with Crippen molar-refractivity contribution >= 4 is 29.3 Å². The molecule has 0 aliphatic rings. The largest absolute Gasteiger partial charge is 0.355 e. The van der Waals surface area contributed by atoms with Crippen molar-refractivity contribution in [2.75, 3.05) is 12.4 Å². The van der Waals surface area contributed by atoms with E-state index in [1.807, 2.05) is 18.2 Å². The topological polar surface area (TPSA) is 97.1 Å². The van der Waals surface area contributed by atoms with E-state index >= 15 is 0 Å². The highest BCUT2D eigenvalue weighted by Crippen LogP contribution is 2.27. The Bertz CT molecular complexity index is 1020. The number of aromatic nitrogens is 2. The average Bonchev–Trinajstić information content (AvgIpc) is 3.12. The van der Waals surface area contributed by atoms with Gasteiger partial charge in [-0.15, -0.1) is 11.8 Å². The van der Waals surface area contributed by atoms with Gasteiger partial charge in [0.1, 0.15) is 0 Å². The quantitative estimate of drug-likeness (QED) is 0.618. The molecule has 3 rings (SSSR count). The summed E-state index contributed by atoms with van der Waals surface area (Å²) < 4.78 is 4.98. The van der Waals surface area contributed by atoms with Crippen LogP contribution in [-0.2, 0) is 5.75 Å². The lowest BCUT2D eigenvalue weighted by atomic mass is 10.1. The molecule has 7 nitrogen and oxygen atoms in total. The predicted molar refractivity (Wildman–Crippen MR) is 108 cm³/mol. The molecule has 0 saturated carbocycles. The Morgan fingerprint density at radius 3 is 2.50 bits per heavy atom. The van der Waals surface area contributed by atoms with Gasteiger partial charge in [-0.3, -0.25) is 9.59 Å². The third-order valence-corrected chi connectivity index (χ3v) is 5.18. The molecule has 0 unspecified atom stereocenters. The zero-order chi connectivity index (χ0) is 20.1. The first-order valence-corrected chi connectivity index (χ1v) is 9.62. The molecule has 0 bridgehead atoms. The SMILES string of the molecule is CNC(=O)c1cccc(NC(=O)c2ccccc2SCc2noc(C)n2)c1C. The number of nitrogens with zero attached hydrogens (tertiary/aromatic N) is 2. The van der Waals surface area contributed by atoms with Crippen molar-refractivity contribution in [3.05, 3.63) is 70.9 Å². The molecule has 1 aromatic heterocycles. The lowest BCUT2D eigenvalue weighted by Gasteiger charge is -2.13. The number of hydrogen-bond acceptors (Lipinski definition) is 6. The van der Waals surface area contributed by atoms with Gasteiger partial charge in [0.05, 0.1) is 11.3 Å². The fourth-order valence-electron chi connectivity index (χ4n) is 2.66. The van der Waals surface area contributed by atoms with Crippen molar-refractivity contribution < 1.29 is 14.1 Å². The molecular weight excluding hydrogens is 376 g/mol. The normalized spacial score (nSPS) is 10.5. The summed E-state index contributed by atoms with van der Waals surface area (Å²) in [5.74, 6) is 1.14. The Morgan fingerprint density at radius 2 is 1.79 bits per heavy atom. The lowest BCUT2D eigenvalue weighted by Crippen LogP contribution is -2.20. The highest BCUT2D eigenvalue weighted by molar-refractivity contribution is 7.98. The van der Waals surface area contributed by atoms with Gasteiger partial charge in [-0.2, -0.15) is 4.98 Å². The number of carbonyl (C=O) groups is 2. The third kappa shape index (κ3) is 4.40. The van der Waals surface area contributed by atoms with Gasteiger partial charge in [0.2, 0.25) is 5.89 Å². The van der Waals surface area contributed by atoms with Gasteiger partial charge in [-0.25, -0.2) is 0 Å². The molecule has 0 fully saturated rings. The van der Waals surface area contributed by atoms with Gasteiger partial charge in [0, 0.05) is 30.1 Å². The number of rotatable bonds is 6. The summed E-state index contributed by atoms with van der Waals surface area (Å²) in [6, 6.07) is 12.6. The molecule has 2 aromatic carbocycles. The van der Waals surface area contributed by atoms with Crippen LogP contribution in [0.25, 0.3) is 0 Å². The molecule has 0 saturated heterocycles. The second-order valence-electron chi connectivity index (χ2n) is 6.03. The fraction of sp³-hybridized carbons (Fsp3) is 0.200. The molecule has 0 spiro atoms. The summed E-state index contributed by atoms with van der Waals surface area (Å²) >= 11 is 1.46. The Kier molecular flexibility index (Phi) is 6.10. The van der Waals surface area contributed by atoms with Crippen LogP contribution in [0.1, 0.15) is 38.0 Å². The summed E-state index contributed by atoms with van der Waals surface area (Å²) in [6.07, 6.45) is 0. The summed E-state index contributed by atoms with van der Waals surface area (Å²) in [5, 5.41) is 9.38. The molecule has 3 aromatic rings. The van der Waals surface area contributed by atoms with Crippen LogP contribution in [-0.4, -0.2) is 29.0 Å². The molecule has 0 radical (unpaired) electrons. The number of hydrogen-bond donors (Lipinski definition) is 2. The first-order valence-electron chi connectivity index (χ1n) is 8.63. The number of carbonyl (C=O) groups excluding carboxylic acids is 2. The zero-order valence-electron chi connectivity index (χ0n) is 15.8. The fourth-order valence-corrected chi connectivity index (χ4v) is 3.56. The highest BCUT2D eigenvalue weighted by Gasteiger charge is 2.16. The molecule has 1 heterocycles. The van der Waals surface area contributed by atoms with Crippen LogP contribution >= 0.6 is 11.8 Å². The van der Waals surface area contributed by atoms with E-state index in [-0.39, 0.29) is 11.8 Å². The molecule has 8 heteroatoms. The summed E-state index contributed by atoms with van der Waals surface area (Å²) in [7, 11) is 1.58. The van der Waals surface area contributed by atoms with Crippen LogP contribution < -0.4 is 10.6 Å². The number of amides is 2. The van der Waals surface area contributed by atoms with Crippen molar-refractivity contribution in [1.82, 2.24) is 15.5 Å². The minimum absolute atomic E-state index is 0.194. The number of nitrogens with one attached hydrogen (secondary N) is 2. The molecule has 2 amide bonds. The molecular formula is C20H20N4O3S. The van der Waals surface area contributed by atoms with E-state index in [0.29, 0.717) is 39.8 Å². The number of benzene rings is 2. The average molecular weight is 396 g/mol. The van der Waals surface area contributed by atoms with E-state index in [4.69, 9.17) is 4.52 Å². The Balaban J connectivity index is 1.79. The molecule has 144 valence electrons. The second-order valence-corrected chi connectivity index (χ2v) is 7.04. The van der Waals surface area contributed by atoms with Gasteiger partial charge in [0.25, 0.3) is 11.8 Å². The van der Waals surface area contributed by atoms with Crippen LogP contribution in [0.15, 0.2) is 51.9 Å². The van der Waals surface area contributed by atoms with Crippen LogP contribution in [0.3, 0.4) is 0 Å². The standard InChI is InChI=1S/C20H20N4O3S/c1-12-14(19(25)21-3)8-6-9-16(12)23-20(26)15-7-4-5-10-17(15)28-11-18-22-13(2)27-24-18/h4-10H,11H2,1-3H3,(H,21,25)(H,23,26). The Morgan fingerprint density at radius 1 is 1.04 bits per heavy atom. The number of thioether (sulfide) groups is 1. The maximum Gasteiger partial charge on any atom is 0.256 e. The van der Waals surface area contributed by atoms with Gasteiger partial charge >= 0.3 is 0 Å². The monoisotopic (exact) mass is 396 g/mol. The minimum Gasteiger partial charge on any atom is -0.355 e. The van der Waals surface area contributed by atoms with Crippen molar-refractivity contribution in [1.29, 1.82) is 0 Å². The van der Waals surface area contributed by atoms with Crippen molar-refractivity contribution in [2.45, 2.75) is 24.5 Å². The summed E-state index contributed by atoms with van der Waals surface area (Å²) in [6.45, 7) is 3.54. The first-order chi connectivity index (χ1) is 13.5. The number of aryl methyl sites for hydroxylation is 1. The van der Waals surface area contributed by atoms with Gasteiger partial charge < -0.3 is 15.2 Å². The van der Waals surface area contributed by atoms with Gasteiger partial charge in [-0.1, -0.05) is 23.4 Å².